The normalized spacial score (nSPS) is 13.2. The molecular weight excluding hydrogens is 288 g/mol. The largest absolute Gasteiger partial charge is 0.363 e. The SMILES string of the molecule is CCNCc1cc(S(=O)(=O)NC(C)c2cccnc2)c[nH]1. The number of sulfonamides is 1. The summed E-state index contributed by atoms with van der Waals surface area (Å²) in [5.41, 5.74) is 1.66. The van der Waals surface area contributed by atoms with Crippen LogP contribution >= 0.6 is 0 Å². The van der Waals surface area contributed by atoms with Crippen LogP contribution in [0.15, 0.2) is 41.7 Å². The van der Waals surface area contributed by atoms with E-state index in [0.29, 0.717) is 6.54 Å². The lowest BCUT2D eigenvalue weighted by Crippen LogP contribution is -2.26. The van der Waals surface area contributed by atoms with Crippen LogP contribution in [0.3, 0.4) is 0 Å². The van der Waals surface area contributed by atoms with Crippen LogP contribution in [-0.2, 0) is 16.6 Å². The highest BCUT2D eigenvalue weighted by atomic mass is 32.2. The van der Waals surface area contributed by atoms with Gasteiger partial charge in [-0.1, -0.05) is 13.0 Å². The average molecular weight is 308 g/mol. The molecule has 0 fully saturated rings. The number of nitrogens with one attached hydrogen (secondary N) is 3. The summed E-state index contributed by atoms with van der Waals surface area (Å²) in [5, 5.41) is 3.14. The number of aromatic nitrogens is 2. The molecule has 6 nitrogen and oxygen atoms in total. The summed E-state index contributed by atoms with van der Waals surface area (Å²) in [4.78, 5) is 7.20. The minimum atomic E-state index is -3.55. The second-order valence-corrected chi connectivity index (χ2v) is 6.48. The van der Waals surface area contributed by atoms with E-state index in [9.17, 15) is 8.42 Å². The van der Waals surface area contributed by atoms with Crippen molar-refractivity contribution >= 4 is 10.0 Å². The van der Waals surface area contributed by atoms with Gasteiger partial charge in [0.15, 0.2) is 0 Å². The molecule has 2 heterocycles. The topological polar surface area (TPSA) is 86.9 Å². The molecule has 21 heavy (non-hydrogen) atoms. The van der Waals surface area contributed by atoms with Crippen molar-refractivity contribution in [2.75, 3.05) is 6.54 Å². The van der Waals surface area contributed by atoms with Gasteiger partial charge in [0, 0.05) is 36.9 Å². The molecule has 2 rings (SSSR count). The molecule has 0 bridgehead atoms. The molecule has 2 aromatic rings. The van der Waals surface area contributed by atoms with Gasteiger partial charge >= 0.3 is 0 Å². The van der Waals surface area contributed by atoms with Crippen LogP contribution in [0.5, 0.6) is 0 Å². The Kier molecular flexibility index (Phi) is 5.11. The number of aromatic amines is 1. The highest BCUT2D eigenvalue weighted by Gasteiger charge is 2.19. The van der Waals surface area contributed by atoms with Crippen LogP contribution in [0.25, 0.3) is 0 Å². The second kappa shape index (κ2) is 6.84. The van der Waals surface area contributed by atoms with E-state index in [4.69, 9.17) is 0 Å². The fraction of sp³-hybridized carbons (Fsp3) is 0.357. The molecule has 0 aliphatic rings. The average Bonchev–Trinajstić information content (AvgIpc) is 2.95. The molecular formula is C14H20N4O2S. The van der Waals surface area contributed by atoms with Crippen molar-refractivity contribution in [2.24, 2.45) is 0 Å². The van der Waals surface area contributed by atoms with Crippen LogP contribution in [0.4, 0.5) is 0 Å². The molecule has 0 saturated heterocycles. The van der Waals surface area contributed by atoms with Gasteiger partial charge in [-0.25, -0.2) is 13.1 Å². The predicted molar refractivity (Wildman–Crippen MR) is 81.1 cm³/mol. The standard InChI is InChI=1S/C14H20N4O2S/c1-3-15-9-13-7-14(10-17-13)21(19,20)18-11(2)12-5-4-6-16-8-12/h4-8,10-11,15,17-18H,3,9H2,1-2H3. The summed E-state index contributed by atoms with van der Waals surface area (Å²) in [6.45, 7) is 5.24. The molecule has 0 saturated carbocycles. The van der Waals surface area contributed by atoms with Crippen LogP contribution in [0, 0.1) is 0 Å². The van der Waals surface area contributed by atoms with E-state index in [1.54, 1.807) is 31.5 Å². The molecule has 1 atom stereocenters. The zero-order chi connectivity index (χ0) is 15.3. The monoisotopic (exact) mass is 308 g/mol. The van der Waals surface area contributed by atoms with Crippen molar-refractivity contribution < 1.29 is 8.42 Å². The molecule has 7 heteroatoms. The van der Waals surface area contributed by atoms with E-state index in [1.165, 1.54) is 6.20 Å². The van der Waals surface area contributed by atoms with E-state index < -0.39 is 10.0 Å². The Hall–Kier alpha value is -1.70. The minimum absolute atomic E-state index is 0.242. The third-order valence-electron chi connectivity index (χ3n) is 3.11. The summed E-state index contributed by atoms with van der Waals surface area (Å²) < 4.78 is 27.3. The molecule has 1 unspecified atom stereocenters. The van der Waals surface area contributed by atoms with Gasteiger partial charge in [-0.15, -0.1) is 0 Å². The van der Waals surface area contributed by atoms with E-state index in [0.717, 1.165) is 17.8 Å². The fourth-order valence-corrected chi connectivity index (χ4v) is 3.19. The Morgan fingerprint density at radius 2 is 2.24 bits per heavy atom. The zero-order valence-electron chi connectivity index (χ0n) is 12.1. The van der Waals surface area contributed by atoms with Gasteiger partial charge in [0.05, 0.1) is 4.90 Å². The Balaban J connectivity index is 2.09. The van der Waals surface area contributed by atoms with Gasteiger partial charge in [0.25, 0.3) is 0 Å². The van der Waals surface area contributed by atoms with Crippen molar-refractivity contribution in [2.45, 2.75) is 31.3 Å². The lowest BCUT2D eigenvalue weighted by molar-refractivity contribution is 0.566. The van der Waals surface area contributed by atoms with E-state index in [1.807, 2.05) is 13.0 Å². The van der Waals surface area contributed by atoms with Crippen molar-refractivity contribution in [3.8, 4) is 0 Å². The fourth-order valence-electron chi connectivity index (χ4n) is 1.94. The number of pyridine rings is 1. The maximum Gasteiger partial charge on any atom is 0.242 e. The molecule has 0 radical (unpaired) electrons. The lowest BCUT2D eigenvalue weighted by atomic mass is 10.2. The van der Waals surface area contributed by atoms with Gasteiger partial charge in [-0.2, -0.15) is 0 Å². The Morgan fingerprint density at radius 3 is 2.90 bits per heavy atom. The van der Waals surface area contributed by atoms with Gasteiger partial charge in [-0.3, -0.25) is 4.98 Å². The zero-order valence-corrected chi connectivity index (χ0v) is 12.9. The maximum atomic E-state index is 12.3. The molecule has 0 aliphatic carbocycles. The molecule has 0 aromatic carbocycles. The van der Waals surface area contributed by atoms with Gasteiger partial charge in [-0.05, 0) is 31.2 Å². The second-order valence-electron chi connectivity index (χ2n) is 4.77. The van der Waals surface area contributed by atoms with Crippen molar-refractivity contribution in [1.82, 2.24) is 20.0 Å². The number of rotatable bonds is 7. The first kappa shape index (κ1) is 15.7. The number of nitrogens with zero attached hydrogens (tertiary/aromatic N) is 1. The van der Waals surface area contributed by atoms with Gasteiger partial charge in [0.1, 0.15) is 0 Å². The first-order valence-corrected chi connectivity index (χ1v) is 8.31. The van der Waals surface area contributed by atoms with E-state index in [-0.39, 0.29) is 10.9 Å². The van der Waals surface area contributed by atoms with Crippen LogP contribution in [-0.4, -0.2) is 24.9 Å². The van der Waals surface area contributed by atoms with E-state index in [2.05, 4.69) is 20.0 Å². The Labute approximate surface area is 125 Å². The maximum absolute atomic E-state index is 12.3. The predicted octanol–water partition coefficient (Wildman–Crippen LogP) is 1.56. The summed E-state index contributed by atoms with van der Waals surface area (Å²) >= 11 is 0. The van der Waals surface area contributed by atoms with Gasteiger partial charge < -0.3 is 10.3 Å². The third-order valence-corrected chi connectivity index (χ3v) is 4.63. The summed E-state index contributed by atoms with van der Waals surface area (Å²) in [6.07, 6.45) is 4.82. The van der Waals surface area contributed by atoms with Crippen LogP contribution in [0.1, 0.15) is 31.1 Å². The Morgan fingerprint density at radius 1 is 1.43 bits per heavy atom. The van der Waals surface area contributed by atoms with Crippen molar-refractivity contribution in [3.05, 3.63) is 48.0 Å². The molecule has 3 N–H and O–H groups in total. The summed E-state index contributed by atoms with van der Waals surface area (Å²) in [6, 6.07) is 4.93. The number of H-pyrrole nitrogens is 1. The molecule has 2 aromatic heterocycles. The minimum Gasteiger partial charge on any atom is -0.363 e. The highest BCUT2D eigenvalue weighted by Crippen LogP contribution is 2.16. The lowest BCUT2D eigenvalue weighted by Gasteiger charge is -2.13. The summed E-state index contributed by atoms with van der Waals surface area (Å²) in [7, 11) is -3.55. The van der Waals surface area contributed by atoms with Gasteiger partial charge in [0.2, 0.25) is 10.0 Å². The van der Waals surface area contributed by atoms with Crippen LogP contribution < -0.4 is 10.0 Å². The highest BCUT2D eigenvalue weighted by molar-refractivity contribution is 7.89. The number of hydrogen-bond donors (Lipinski definition) is 3. The van der Waals surface area contributed by atoms with Crippen molar-refractivity contribution in [1.29, 1.82) is 0 Å². The Bertz CT molecular complexity index is 667. The molecule has 0 spiro atoms. The van der Waals surface area contributed by atoms with Crippen LogP contribution in [0.2, 0.25) is 0 Å². The number of hydrogen-bond acceptors (Lipinski definition) is 4. The molecule has 114 valence electrons. The summed E-state index contributed by atoms with van der Waals surface area (Å²) in [5.74, 6) is 0. The molecule has 0 amide bonds. The third kappa shape index (κ3) is 4.13. The van der Waals surface area contributed by atoms with E-state index >= 15 is 0 Å². The van der Waals surface area contributed by atoms with Crippen molar-refractivity contribution in [3.63, 3.8) is 0 Å². The smallest absolute Gasteiger partial charge is 0.242 e. The first-order valence-electron chi connectivity index (χ1n) is 6.83. The first-order chi connectivity index (χ1) is 10.0. The quantitative estimate of drug-likeness (QED) is 0.724. The molecule has 0 aliphatic heterocycles.